The minimum Gasteiger partial charge on any atom is -0.476 e. The summed E-state index contributed by atoms with van der Waals surface area (Å²) in [5.74, 6) is -2.25. The Morgan fingerprint density at radius 3 is 2.40 bits per heavy atom. The number of carboxylic acid groups (broad SMARTS) is 1. The molecule has 1 heterocycles. The summed E-state index contributed by atoms with van der Waals surface area (Å²) in [6.07, 6.45) is 1.60. The highest BCUT2D eigenvalue weighted by atomic mass is 32.2. The molecule has 1 rings (SSSR count). The van der Waals surface area contributed by atoms with Gasteiger partial charge in [0.1, 0.15) is 0 Å². The average Bonchev–Trinajstić information content (AvgIpc) is 2.24. The zero-order valence-corrected chi connectivity index (χ0v) is 9.17. The summed E-state index contributed by atoms with van der Waals surface area (Å²) >= 11 is 0. The minimum atomic E-state index is -4.13. The summed E-state index contributed by atoms with van der Waals surface area (Å²) < 4.78 is 47.0. The zero-order chi connectivity index (χ0) is 11.9. The first-order valence-corrected chi connectivity index (χ1v) is 7.08. The second-order valence-corrected chi connectivity index (χ2v) is 6.73. The van der Waals surface area contributed by atoms with Crippen molar-refractivity contribution in [3.8, 4) is 0 Å². The molecule has 0 aliphatic carbocycles. The van der Waals surface area contributed by atoms with Crippen molar-refractivity contribution in [2.24, 2.45) is 4.40 Å². The van der Waals surface area contributed by atoms with Crippen molar-refractivity contribution in [3.63, 3.8) is 0 Å². The molecule has 9 heteroatoms. The number of carbonyl (C=O) groups is 1. The van der Waals surface area contributed by atoms with E-state index >= 15 is 0 Å². The lowest BCUT2D eigenvalue weighted by Gasteiger charge is -1.97. The van der Waals surface area contributed by atoms with E-state index in [-0.39, 0.29) is 0 Å². The van der Waals surface area contributed by atoms with E-state index in [1.54, 1.807) is 0 Å². The van der Waals surface area contributed by atoms with Gasteiger partial charge in [-0.2, -0.15) is 12.8 Å². The topological polar surface area (TPSA) is 118 Å². The van der Waals surface area contributed by atoms with Crippen LogP contribution >= 0.6 is 0 Å². The number of nitrogens with zero attached hydrogens (tertiary/aromatic N) is 1. The summed E-state index contributed by atoms with van der Waals surface area (Å²) in [5, 5.41) is 8.47. The van der Waals surface area contributed by atoms with Gasteiger partial charge in [-0.05, 0) is 6.08 Å². The Balaban J connectivity index is 3.16. The van der Waals surface area contributed by atoms with Crippen molar-refractivity contribution < 1.29 is 26.7 Å². The number of rotatable bonds is 3. The van der Waals surface area contributed by atoms with Crippen molar-refractivity contribution in [3.05, 3.63) is 11.0 Å². The molecule has 0 saturated carbocycles. The largest absolute Gasteiger partial charge is 0.476 e. The van der Waals surface area contributed by atoms with Gasteiger partial charge in [-0.3, -0.25) is 0 Å². The zero-order valence-electron chi connectivity index (χ0n) is 7.54. The standard InChI is InChI=1S/C6H7NO6S2/c1-14(10,11)3-4-2-5(6(8)9)7-15(4,12)13/h2H,3H2,1H3,(H,8,9). The second kappa shape index (κ2) is 3.42. The first-order valence-electron chi connectivity index (χ1n) is 3.58. The molecule has 0 atom stereocenters. The first kappa shape index (κ1) is 11.9. The minimum absolute atomic E-state index is 0.512. The highest BCUT2D eigenvalue weighted by Crippen LogP contribution is 2.18. The Morgan fingerprint density at radius 1 is 1.53 bits per heavy atom. The molecule has 0 unspecified atom stereocenters. The van der Waals surface area contributed by atoms with Crippen LogP contribution in [0.25, 0.3) is 0 Å². The van der Waals surface area contributed by atoms with Crippen LogP contribution in [0.3, 0.4) is 0 Å². The molecule has 0 spiro atoms. The Labute approximate surface area is 86.1 Å². The molecular formula is C6H7NO6S2. The maximum Gasteiger partial charge on any atom is 0.355 e. The van der Waals surface area contributed by atoms with Gasteiger partial charge >= 0.3 is 5.97 Å². The fourth-order valence-corrected chi connectivity index (χ4v) is 3.52. The highest BCUT2D eigenvalue weighted by molar-refractivity contribution is 7.97. The lowest BCUT2D eigenvalue weighted by atomic mass is 10.3. The van der Waals surface area contributed by atoms with E-state index in [1.165, 1.54) is 0 Å². The molecule has 0 fully saturated rings. The molecule has 0 radical (unpaired) electrons. The van der Waals surface area contributed by atoms with Gasteiger partial charge in [-0.1, -0.05) is 0 Å². The maximum absolute atomic E-state index is 11.2. The van der Waals surface area contributed by atoms with E-state index in [0.29, 0.717) is 0 Å². The Kier molecular flexibility index (Phi) is 2.70. The van der Waals surface area contributed by atoms with Crippen LogP contribution in [0.2, 0.25) is 0 Å². The normalized spacial score (nSPS) is 19.5. The van der Waals surface area contributed by atoms with E-state index in [0.717, 1.165) is 12.3 Å². The number of carboxylic acids is 1. The molecule has 15 heavy (non-hydrogen) atoms. The van der Waals surface area contributed by atoms with Crippen LogP contribution < -0.4 is 0 Å². The summed E-state index contributed by atoms with van der Waals surface area (Å²) in [7, 11) is -7.67. The molecule has 1 aliphatic rings. The SMILES string of the molecule is CS(=O)(=O)CC1=CC(C(=O)O)=NS1(=O)=O. The number of sulfone groups is 1. The number of hydrogen-bond acceptors (Lipinski definition) is 5. The molecule has 0 bridgehead atoms. The molecular weight excluding hydrogens is 246 g/mol. The van der Waals surface area contributed by atoms with Crippen LogP contribution in [0.15, 0.2) is 15.4 Å². The van der Waals surface area contributed by atoms with Crippen LogP contribution in [0.5, 0.6) is 0 Å². The lowest BCUT2D eigenvalue weighted by molar-refractivity contribution is -0.129. The first-order chi connectivity index (χ1) is 6.62. The van der Waals surface area contributed by atoms with Gasteiger partial charge in [0.15, 0.2) is 15.5 Å². The number of hydrogen-bond donors (Lipinski definition) is 1. The van der Waals surface area contributed by atoms with Crippen molar-refractivity contribution in [2.45, 2.75) is 0 Å². The third-order valence-electron chi connectivity index (χ3n) is 1.47. The highest BCUT2D eigenvalue weighted by Gasteiger charge is 2.29. The molecule has 0 aromatic carbocycles. The summed E-state index contributed by atoms with van der Waals surface area (Å²) in [5.41, 5.74) is -0.673. The molecule has 0 saturated heterocycles. The van der Waals surface area contributed by atoms with Crippen molar-refractivity contribution in [1.82, 2.24) is 0 Å². The van der Waals surface area contributed by atoms with Crippen molar-refractivity contribution in [1.29, 1.82) is 0 Å². The van der Waals surface area contributed by atoms with Gasteiger partial charge in [0.2, 0.25) is 0 Å². The second-order valence-electron chi connectivity index (χ2n) is 2.94. The Morgan fingerprint density at radius 2 is 2.07 bits per heavy atom. The van der Waals surface area contributed by atoms with Gasteiger partial charge in [-0.25, -0.2) is 13.2 Å². The molecule has 0 amide bonds. The summed E-state index contributed by atoms with van der Waals surface area (Å²) in [4.78, 5) is 9.90. The molecule has 0 aromatic heterocycles. The quantitative estimate of drug-likeness (QED) is 0.673. The van der Waals surface area contributed by atoms with Gasteiger partial charge in [-0.15, -0.1) is 0 Å². The third-order valence-corrected chi connectivity index (χ3v) is 3.85. The average molecular weight is 253 g/mol. The van der Waals surface area contributed by atoms with Gasteiger partial charge in [0, 0.05) is 6.26 Å². The maximum atomic E-state index is 11.2. The fraction of sp³-hybridized carbons (Fsp3) is 0.333. The number of aliphatic carboxylic acids is 1. The van der Waals surface area contributed by atoms with Crippen molar-refractivity contribution >= 4 is 31.5 Å². The molecule has 7 nitrogen and oxygen atoms in total. The Bertz CT molecular complexity index is 565. The fourth-order valence-electron chi connectivity index (χ4n) is 0.917. The van der Waals surface area contributed by atoms with Crippen LogP contribution in [-0.4, -0.2) is 45.6 Å². The van der Waals surface area contributed by atoms with E-state index < -0.39 is 42.2 Å². The third kappa shape index (κ3) is 2.86. The van der Waals surface area contributed by atoms with E-state index in [2.05, 4.69) is 4.40 Å². The van der Waals surface area contributed by atoms with Crippen molar-refractivity contribution in [2.75, 3.05) is 12.0 Å². The molecule has 84 valence electrons. The van der Waals surface area contributed by atoms with Gasteiger partial charge in [0.05, 0.1) is 10.7 Å². The molecule has 0 aromatic rings. The summed E-state index contributed by atoms with van der Waals surface area (Å²) in [6.45, 7) is 0. The van der Waals surface area contributed by atoms with E-state index in [4.69, 9.17) is 5.11 Å². The van der Waals surface area contributed by atoms with E-state index in [9.17, 15) is 21.6 Å². The lowest BCUT2D eigenvalue weighted by Crippen LogP contribution is -2.10. The van der Waals surface area contributed by atoms with Crippen LogP contribution in [-0.2, 0) is 24.7 Å². The van der Waals surface area contributed by atoms with Crippen LogP contribution in [0, 0.1) is 0 Å². The van der Waals surface area contributed by atoms with Gasteiger partial charge < -0.3 is 5.11 Å². The summed E-state index contributed by atoms with van der Waals surface area (Å²) in [6, 6.07) is 0. The van der Waals surface area contributed by atoms with E-state index in [1.807, 2.05) is 0 Å². The predicted octanol–water partition coefficient (Wildman–Crippen LogP) is -1.22. The predicted molar refractivity (Wildman–Crippen MR) is 51.8 cm³/mol. The smallest absolute Gasteiger partial charge is 0.355 e. The monoisotopic (exact) mass is 253 g/mol. The Hall–Kier alpha value is -1.22. The molecule has 1 N–H and O–H groups in total. The number of sulfonamides is 1. The molecule has 1 aliphatic heterocycles. The van der Waals surface area contributed by atoms with Crippen LogP contribution in [0.4, 0.5) is 0 Å². The van der Waals surface area contributed by atoms with Crippen LogP contribution in [0.1, 0.15) is 0 Å². The van der Waals surface area contributed by atoms with Gasteiger partial charge in [0.25, 0.3) is 10.0 Å².